The van der Waals surface area contributed by atoms with E-state index < -0.39 is 0 Å². The van der Waals surface area contributed by atoms with Crippen LogP contribution in [0.5, 0.6) is 5.75 Å². The first-order valence-corrected chi connectivity index (χ1v) is 18.1. The van der Waals surface area contributed by atoms with E-state index in [9.17, 15) is 9.90 Å². The van der Waals surface area contributed by atoms with Gasteiger partial charge in [-0.25, -0.2) is 15.0 Å². The standard InChI is InChI=1S/C35H43ClN8O4S/c1-21-34(41-27(18-45)32(39-21)43-15-10-35(11-16-43)20-48-22(2)31(35)38)49-28-9-14-44-17-26(40-33(44)30(28)36)23-3-5-25(6-4-23)47-19-29(46)42-12-7-24(37)8-13-42/h3-6,9,14,17,22,24,31,45H,7-8,10-13,15-16,18-20,37-38H2,1-2H3/t22-,31+/m0/s1. The van der Waals surface area contributed by atoms with Crippen LogP contribution in [0.4, 0.5) is 5.82 Å². The number of nitrogens with two attached hydrogens (primary N) is 2. The van der Waals surface area contributed by atoms with E-state index in [2.05, 4.69) is 4.90 Å². The summed E-state index contributed by atoms with van der Waals surface area (Å²) >= 11 is 8.33. The molecule has 3 saturated heterocycles. The van der Waals surface area contributed by atoms with Gasteiger partial charge in [-0.05, 0) is 69.9 Å². The highest BCUT2D eigenvalue weighted by Gasteiger charge is 2.47. The van der Waals surface area contributed by atoms with Crippen LogP contribution in [-0.4, -0.2) is 92.8 Å². The number of nitrogens with zero attached hydrogens (tertiary/aromatic N) is 6. The Bertz CT molecular complexity index is 1820. The van der Waals surface area contributed by atoms with E-state index in [-0.39, 0.29) is 42.7 Å². The van der Waals surface area contributed by atoms with Gasteiger partial charge in [-0.1, -0.05) is 23.4 Å². The lowest BCUT2D eigenvalue weighted by molar-refractivity contribution is -0.134. The molecule has 1 aromatic carbocycles. The lowest BCUT2D eigenvalue weighted by Crippen LogP contribution is -2.51. The Kier molecular flexibility index (Phi) is 9.75. The molecule has 1 spiro atoms. The molecule has 0 radical (unpaired) electrons. The molecule has 3 aromatic heterocycles. The number of halogens is 1. The van der Waals surface area contributed by atoms with Crippen molar-refractivity contribution < 1.29 is 19.4 Å². The molecule has 7 rings (SSSR count). The van der Waals surface area contributed by atoms with Crippen molar-refractivity contribution in [3.8, 4) is 17.0 Å². The van der Waals surface area contributed by atoms with Crippen molar-refractivity contribution in [2.45, 2.75) is 74.2 Å². The van der Waals surface area contributed by atoms with E-state index >= 15 is 0 Å². The molecule has 0 aliphatic carbocycles. The number of hydrogen-bond acceptors (Lipinski definition) is 11. The van der Waals surface area contributed by atoms with Crippen LogP contribution < -0.4 is 21.1 Å². The summed E-state index contributed by atoms with van der Waals surface area (Å²) in [5, 5.41) is 11.5. The average molecular weight is 707 g/mol. The van der Waals surface area contributed by atoms with Gasteiger partial charge in [0.25, 0.3) is 5.91 Å². The molecule has 3 aliphatic heterocycles. The zero-order valence-corrected chi connectivity index (χ0v) is 29.4. The molecular weight excluding hydrogens is 664 g/mol. The lowest BCUT2D eigenvalue weighted by atomic mass is 9.73. The number of aromatic nitrogens is 4. The SMILES string of the molecule is Cc1nc(N2CCC3(CC2)CO[C@@H](C)[C@H]3N)c(CO)nc1Sc1ccn2cc(-c3ccc(OCC(=O)N4CCC(N)CC4)cc3)nc2c1Cl. The minimum Gasteiger partial charge on any atom is -0.484 e. The Labute approximate surface area is 295 Å². The van der Waals surface area contributed by atoms with Crippen LogP contribution >= 0.6 is 23.4 Å². The number of piperidine rings is 2. The van der Waals surface area contributed by atoms with Crippen LogP contribution in [0.1, 0.15) is 44.0 Å². The summed E-state index contributed by atoms with van der Waals surface area (Å²) in [5.41, 5.74) is 16.0. The minimum atomic E-state index is -0.221. The number of anilines is 1. The Morgan fingerprint density at radius 2 is 1.84 bits per heavy atom. The maximum Gasteiger partial charge on any atom is 0.260 e. The second kappa shape index (κ2) is 14.0. The number of carbonyl (C=O) groups is 1. The van der Waals surface area contributed by atoms with Crippen molar-refractivity contribution >= 4 is 40.7 Å². The number of carbonyl (C=O) groups excluding carboxylic acids is 1. The summed E-state index contributed by atoms with van der Waals surface area (Å²) in [6.45, 7) is 7.36. The van der Waals surface area contributed by atoms with Gasteiger partial charge < -0.3 is 40.2 Å². The number of imidazole rings is 1. The number of fused-ring (bicyclic) bond motifs is 1. The van der Waals surface area contributed by atoms with E-state index in [1.807, 2.05) is 65.9 Å². The molecule has 0 bridgehead atoms. The normalized spacial score (nSPS) is 21.2. The van der Waals surface area contributed by atoms with E-state index in [1.165, 1.54) is 11.8 Å². The van der Waals surface area contributed by atoms with Crippen LogP contribution in [0.3, 0.4) is 0 Å². The molecule has 2 atom stereocenters. The molecule has 49 heavy (non-hydrogen) atoms. The molecule has 4 aromatic rings. The first-order valence-electron chi connectivity index (χ1n) is 16.9. The van der Waals surface area contributed by atoms with Crippen LogP contribution in [0.15, 0.2) is 52.6 Å². The third-order valence-electron chi connectivity index (χ3n) is 10.3. The van der Waals surface area contributed by atoms with Gasteiger partial charge in [0.1, 0.15) is 16.5 Å². The highest BCUT2D eigenvalue weighted by Crippen LogP contribution is 2.43. The van der Waals surface area contributed by atoms with Gasteiger partial charge in [0, 0.05) is 66.5 Å². The molecule has 12 nitrogen and oxygen atoms in total. The molecule has 0 unspecified atom stereocenters. The summed E-state index contributed by atoms with van der Waals surface area (Å²) in [6, 6.07) is 9.64. The maximum absolute atomic E-state index is 12.5. The first-order chi connectivity index (χ1) is 23.6. The van der Waals surface area contributed by atoms with Crippen LogP contribution in [0.2, 0.25) is 5.02 Å². The van der Waals surface area contributed by atoms with E-state index in [1.54, 1.807) is 0 Å². The lowest BCUT2D eigenvalue weighted by Gasteiger charge is -2.42. The first kappa shape index (κ1) is 34.0. The molecule has 5 N–H and O–H groups in total. The number of likely N-dealkylation sites (tertiary alicyclic amines) is 1. The minimum absolute atomic E-state index is 0.00223. The smallest absolute Gasteiger partial charge is 0.260 e. The van der Waals surface area contributed by atoms with Crippen molar-refractivity contribution in [3.63, 3.8) is 0 Å². The van der Waals surface area contributed by atoms with Gasteiger partial charge in [0.15, 0.2) is 18.1 Å². The van der Waals surface area contributed by atoms with Gasteiger partial charge in [-0.2, -0.15) is 0 Å². The Balaban J connectivity index is 1.02. The van der Waals surface area contributed by atoms with E-state index in [0.717, 1.165) is 66.4 Å². The molecule has 0 saturated carbocycles. The average Bonchev–Trinajstić information content (AvgIpc) is 3.68. The van der Waals surface area contributed by atoms with Gasteiger partial charge in [-0.15, -0.1) is 0 Å². The number of aliphatic hydroxyl groups is 1. The predicted octanol–water partition coefficient (Wildman–Crippen LogP) is 4.06. The number of aliphatic hydroxyl groups excluding tert-OH is 1. The van der Waals surface area contributed by atoms with Crippen molar-refractivity contribution in [2.24, 2.45) is 16.9 Å². The largest absolute Gasteiger partial charge is 0.484 e. The van der Waals surface area contributed by atoms with Crippen molar-refractivity contribution in [1.29, 1.82) is 0 Å². The number of benzene rings is 1. The van der Waals surface area contributed by atoms with Gasteiger partial charge in [0.05, 0.1) is 35.7 Å². The van der Waals surface area contributed by atoms with Crippen molar-refractivity contribution in [1.82, 2.24) is 24.3 Å². The predicted molar refractivity (Wildman–Crippen MR) is 189 cm³/mol. The van der Waals surface area contributed by atoms with Crippen LogP contribution in [0.25, 0.3) is 16.9 Å². The zero-order valence-electron chi connectivity index (χ0n) is 27.8. The summed E-state index contributed by atoms with van der Waals surface area (Å²) in [7, 11) is 0. The molecule has 3 fully saturated rings. The van der Waals surface area contributed by atoms with Gasteiger partial charge in [-0.3, -0.25) is 4.79 Å². The Hall–Kier alpha value is -3.46. The molecular formula is C35H43ClN8O4S. The number of ether oxygens (including phenoxy) is 2. The highest BCUT2D eigenvalue weighted by atomic mass is 35.5. The molecule has 14 heteroatoms. The quantitative estimate of drug-likeness (QED) is 0.243. The third-order valence-corrected chi connectivity index (χ3v) is 11.9. The third kappa shape index (κ3) is 6.84. The van der Waals surface area contributed by atoms with Crippen molar-refractivity contribution in [2.75, 3.05) is 44.3 Å². The fourth-order valence-corrected chi connectivity index (χ4v) is 8.23. The summed E-state index contributed by atoms with van der Waals surface area (Å²) in [4.78, 5) is 31.9. The summed E-state index contributed by atoms with van der Waals surface area (Å²) in [5.74, 6) is 1.30. The molecule has 260 valence electrons. The van der Waals surface area contributed by atoms with Gasteiger partial charge >= 0.3 is 0 Å². The van der Waals surface area contributed by atoms with Crippen LogP contribution in [-0.2, 0) is 16.1 Å². The number of amides is 1. The van der Waals surface area contributed by atoms with E-state index in [4.69, 9.17) is 47.5 Å². The summed E-state index contributed by atoms with van der Waals surface area (Å²) in [6.07, 6.45) is 7.38. The fraction of sp³-hybridized carbons (Fsp3) is 0.486. The second-order valence-electron chi connectivity index (χ2n) is 13.4. The fourth-order valence-electron chi connectivity index (χ4n) is 7.05. The number of hydrogen-bond donors (Lipinski definition) is 3. The molecule has 3 aliphatic rings. The Morgan fingerprint density at radius 3 is 2.51 bits per heavy atom. The maximum atomic E-state index is 12.5. The van der Waals surface area contributed by atoms with Crippen molar-refractivity contribution in [3.05, 3.63) is 59.1 Å². The second-order valence-corrected chi connectivity index (χ2v) is 14.8. The number of aryl methyl sites for hydroxylation is 1. The molecule has 6 heterocycles. The van der Waals surface area contributed by atoms with Gasteiger partial charge in [0.2, 0.25) is 0 Å². The summed E-state index contributed by atoms with van der Waals surface area (Å²) < 4.78 is 13.5. The topological polar surface area (TPSA) is 157 Å². The number of rotatable bonds is 8. The van der Waals surface area contributed by atoms with Crippen LogP contribution in [0, 0.1) is 12.3 Å². The zero-order chi connectivity index (χ0) is 34.3. The Morgan fingerprint density at radius 1 is 1.10 bits per heavy atom. The monoisotopic (exact) mass is 706 g/mol. The van der Waals surface area contributed by atoms with E-state index in [0.29, 0.717) is 46.8 Å². The molecule has 1 amide bonds. The number of pyridine rings is 1. The highest BCUT2D eigenvalue weighted by molar-refractivity contribution is 7.99.